The van der Waals surface area contributed by atoms with Gasteiger partial charge in [0.15, 0.2) is 0 Å². The molecule has 1 N–H and O–H groups in total. The van der Waals surface area contributed by atoms with Gasteiger partial charge in [-0.3, -0.25) is 9.59 Å². The van der Waals surface area contributed by atoms with Crippen molar-refractivity contribution in [3.63, 3.8) is 0 Å². The Labute approximate surface area is 116 Å². The molecule has 96 valence electrons. The van der Waals surface area contributed by atoms with Gasteiger partial charge in [-0.2, -0.15) is 0 Å². The highest BCUT2D eigenvalue weighted by Crippen LogP contribution is 2.14. The molecule has 0 saturated heterocycles. The molecule has 18 heavy (non-hydrogen) atoms. The Morgan fingerprint density at radius 2 is 2.39 bits per heavy atom. The number of hydrogen-bond donors (Lipinski definition) is 1. The van der Waals surface area contributed by atoms with Gasteiger partial charge in [0.05, 0.1) is 12.1 Å². The van der Waals surface area contributed by atoms with E-state index in [1.807, 2.05) is 5.38 Å². The fourth-order valence-corrected chi connectivity index (χ4v) is 2.65. The summed E-state index contributed by atoms with van der Waals surface area (Å²) in [7, 11) is 1.70. The topological polar surface area (TPSA) is 66.1 Å². The summed E-state index contributed by atoms with van der Waals surface area (Å²) >= 11 is 4.59. The molecule has 0 aromatic carbocycles. The zero-order valence-corrected chi connectivity index (χ0v) is 12.2. The van der Waals surface area contributed by atoms with Crippen LogP contribution in [0.4, 0.5) is 0 Å². The van der Waals surface area contributed by atoms with Gasteiger partial charge in [-0.05, 0) is 11.4 Å². The number of nitrogens with one attached hydrogen (secondary N) is 1. The Morgan fingerprint density at radius 3 is 3.11 bits per heavy atom. The molecule has 0 atom stereocenters. The smallest absolute Gasteiger partial charge is 0.268 e. The second kappa shape index (κ2) is 5.62. The van der Waals surface area contributed by atoms with Crippen LogP contribution in [0.15, 0.2) is 16.2 Å². The number of rotatable bonds is 4. The Balaban J connectivity index is 2.21. The summed E-state index contributed by atoms with van der Waals surface area (Å²) in [6.07, 6.45) is 0.432. The lowest BCUT2D eigenvalue weighted by molar-refractivity contribution is -0.130. The maximum atomic E-state index is 11.7. The van der Waals surface area contributed by atoms with Gasteiger partial charge in [0.2, 0.25) is 5.91 Å². The zero-order valence-electron chi connectivity index (χ0n) is 9.77. The lowest BCUT2D eigenvalue weighted by atomic mass is 10.4. The molecule has 7 heteroatoms. The van der Waals surface area contributed by atoms with Crippen LogP contribution in [-0.2, 0) is 11.3 Å². The normalized spacial score (nSPS) is 10.8. The van der Waals surface area contributed by atoms with E-state index in [0.717, 1.165) is 0 Å². The van der Waals surface area contributed by atoms with E-state index in [2.05, 4.69) is 25.9 Å². The molecule has 0 aliphatic carbocycles. The van der Waals surface area contributed by atoms with E-state index < -0.39 is 0 Å². The molecular weight excluding hydrogens is 318 g/mol. The molecule has 5 nitrogen and oxygen atoms in total. The van der Waals surface area contributed by atoms with E-state index in [0.29, 0.717) is 34.3 Å². The number of thiophene rings is 1. The van der Waals surface area contributed by atoms with Gasteiger partial charge >= 0.3 is 0 Å². The van der Waals surface area contributed by atoms with Gasteiger partial charge in [0.1, 0.15) is 10.5 Å². The number of aromatic nitrogens is 2. The van der Waals surface area contributed by atoms with Crippen LogP contribution in [0.2, 0.25) is 0 Å². The molecule has 0 fully saturated rings. The number of alkyl halides is 1. The van der Waals surface area contributed by atoms with E-state index in [9.17, 15) is 9.59 Å². The van der Waals surface area contributed by atoms with Gasteiger partial charge in [-0.25, -0.2) is 4.98 Å². The first-order valence-corrected chi connectivity index (χ1v) is 7.38. The van der Waals surface area contributed by atoms with Crippen LogP contribution in [0, 0.1) is 0 Å². The number of fused-ring (bicyclic) bond motifs is 1. The number of nitrogens with zero attached hydrogens (tertiary/aromatic N) is 2. The van der Waals surface area contributed by atoms with Crippen molar-refractivity contribution in [1.29, 1.82) is 0 Å². The summed E-state index contributed by atoms with van der Waals surface area (Å²) < 4.78 is 0.619. The molecule has 0 radical (unpaired) electrons. The van der Waals surface area contributed by atoms with Crippen molar-refractivity contribution in [2.24, 2.45) is 0 Å². The van der Waals surface area contributed by atoms with E-state index >= 15 is 0 Å². The predicted octanol–water partition coefficient (Wildman–Crippen LogP) is 1.73. The van der Waals surface area contributed by atoms with E-state index in [4.69, 9.17) is 0 Å². The van der Waals surface area contributed by atoms with Gasteiger partial charge in [0, 0.05) is 18.8 Å². The molecule has 0 saturated carbocycles. The van der Waals surface area contributed by atoms with Crippen LogP contribution in [0.25, 0.3) is 10.2 Å². The Hall–Kier alpha value is -1.21. The molecule has 2 aromatic rings. The Bertz CT molecular complexity index is 622. The van der Waals surface area contributed by atoms with Crippen molar-refractivity contribution in [1.82, 2.24) is 14.9 Å². The fourth-order valence-electron chi connectivity index (χ4n) is 1.58. The molecule has 2 aromatic heterocycles. The molecule has 0 spiro atoms. The summed E-state index contributed by atoms with van der Waals surface area (Å²) in [6.45, 7) is 0.312. The van der Waals surface area contributed by atoms with E-state index in [1.165, 1.54) is 11.3 Å². The van der Waals surface area contributed by atoms with Gasteiger partial charge in [-0.1, -0.05) is 15.9 Å². The monoisotopic (exact) mass is 329 g/mol. The van der Waals surface area contributed by atoms with E-state index in [-0.39, 0.29) is 11.5 Å². The number of halogens is 1. The third-order valence-electron chi connectivity index (χ3n) is 2.48. The minimum absolute atomic E-state index is 0.0138. The van der Waals surface area contributed by atoms with Crippen LogP contribution in [0.1, 0.15) is 12.2 Å². The van der Waals surface area contributed by atoms with Crippen molar-refractivity contribution in [3.05, 3.63) is 27.6 Å². The van der Waals surface area contributed by atoms with Gasteiger partial charge in [-0.15, -0.1) is 11.3 Å². The molecule has 0 bridgehead atoms. The third kappa shape index (κ3) is 2.78. The number of H-pyrrole nitrogens is 1. The van der Waals surface area contributed by atoms with Gasteiger partial charge < -0.3 is 9.88 Å². The number of amides is 1. The second-order valence-electron chi connectivity index (χ2n) is 3.84. The van der Waals surface area contributed by atoms with Crippen LogP contribution in [-0.4, -0.2) is 33.2 Å². The molecule has 1 amide bonds. The minimum Gasteiger partial charge on any atom is -0.338 e. The number of aromatic amines is 1. The Morgan fingerprint density at radius 1 is 1.61 bits per heavy atom. The summed E-state index contributed by atoms with van der Waals surface area (Å²) in [5.41, 5.74) is 0.534. The quantitative estimate of drug-likeness (QED) is 0.868. The van der Waals surface area contributed by atoms with Crippen LogP contribution >= 0.6 is 27.3 Å². The fraction of sp³-hybridized carbons (Fsp3) is 0.364. The summed E-state index contributed by atoms with van der Waals surface area (Å²) in [6, 6.07) is 1.80. The first-order chi connectivity index (χ1) is 8.61. The highest BCUT2D eigenvalue weighted by atomic mass is 79.9. The summed E-state index contributed by atoms with van der Waals surface area (Å²) in [5.74, 6) is 0.524. The molecule has 2 heterocycles. The average Bonchev–Trinajstić information content (AvgIpc) is 2.77. The zero-order chi connectivity index (χ0) is 13.1. The SMILES string of the molecule is CN(Cc1nc2ccsc2c(=O)[nH]1)C(=O)CCBr. The second-order valence-corrected chi connectivity index (χ2v) is 5.55. The van der Waals surface area contributed by atoms with E-state index in [1.54, 1.807) is 18.0 Å². The molecular formula is C11H12BrN3O2S. The van der Waals surface area contributed by atoms with Crippen LogP contribution < -0.4 is 5.56 Å². The predicted molar refractivity (Wildman–Crippen MR) is 75.1 cm³/mol. The summed E-state index contributed by atoms with van der Waals surface area (Å²) in [5, 5.41) is 2.46. The van der Waals surface area contributed by atoms with Crippen molar-refractivity contribution >= 4 is 43.4 Å². The standard InChI is InChI=1S/C11H12BrN3O2S/c1-15(9(16)2-4-12)6-8-13-7-3-5-18-10(7)11(17)14-8/h3,5H,2,4,6H2,1H3,(H,13,14,17). The largest absolute Gasteiger partial charge is 0.338 e. The van der Waals surface area contributed by atoms with Gasteiger partial charge in [0.25, 0.3) is 5.56 Å². The molecule has 0 aliphatic heterocycles. The number of carbonyl (C=O) groups excluding carboxylic acids is 1. The van der Waals surface area contributed by atoms with Crippen molar-refractivity contribution in [2.75, 3.05) is 12.4 Å². The maximum Gasteiger partial charge on any atom is 0.268 e. The summed E-state index contributed by atoms with van der Waals surface area (Å²) in [4.78, 5) is 31.9. The number of carbonyl (C=O) groups is 1. The van der Waals surface area contributed by atoms with Crippen LogP contribution in [0.5, 0.6) is 0 Å². The maximum absolute atomic E-state index is 11.7. The highest BCUT2D eigenvalue weighted by Gasteiger charge is 2.11. The lowest BCUT2D eigenvalue weighted by Gasteiger charge is -2.15. The Kier molecular flexibility index (Phi) is 4.13. The van der Waals surface area contributed by atoms with Crippen LogP contribution in [0.3, 0.4) is 0 Å². The first-order valence-electron chi connectivity index (χ1n) is 5.38. The lowest BCUT2D eigenvalue weighted by Crippen LogP contribution is -2.28. The van der Waals surface area contributed by atoms with Crippen molar-refractivity contribution in [2.45, 2.75) is 13.0 Å². The molecule has 0 aliphatic rings. The highest BCUT2D eigenvalue weighted by molar-refractivity contribution is 9.09. The molecule has 2 rings (SSSR count). The number of hydrogen-bond acceptors (Lipinski definition) is 4. The first kappa shape index (κ1) is 13.2. The van der Waals surface area contributed by atoms with Crippen molar-refractivity contribution < 1.29 is 4.79 Å². The minimum atomic E-state index is -0.147. The molecule has 0 unspecified atom stereocenters. The van der Waals surface area contributed by atoms with Crippen molar-refractivity contribution in [3.8, 4) is 0 Å². The third-order valence-corrected chi connectivity index (χ3v) is 3.78. The average molecular weight is 330 g/mol.